The van der Waals surface area contributed by atoms with E-state index in [1.807, 2.05) is 12.1 Å². The maximum atomic E-state index is 12.5. The molecule has 9 nitrogen and oxygen atoms in total. The standard InChI is InChI=1S/C19H22N2O7/c1-19(18(23)24,12-17(22)20(2)8-9-28-21(25)26)15-6-4-14-11-16(27-3)7-5-13(14)10-15/h4-7,10-11H,8-9,12H2,1-3H3,(H,23,24)/t19-/m0/s1. The van der Waals surface area contributed by atoms with E-state index >= 15 is 0 Å². The molecule has 0 radical (unpaired) electrons. The molecular formula is C19H22N2O7. The van der Waals surface area contributed by atoms with Crippen molar-refractivity contribution >= 4 is 22.6 Å². The van der Waals surface area contributed by atoms with E-state index in [9.17, 15) is 24.8 Å². The van der Waals surface area contributed by atoms with E-state index in [0.717, 1.165) is 10.8 Å². The van der Waals surface area contributed by atoms with Gasteiger partial charge in [-0.2, -0.15) is 0 Å². The van der Waals surface area contributed by atoms with E-state index < -0.39 is 22.4 Å². The number of ether oxygens (including phenoxy) is 1. The quantitative estimate of drug-likeness (QED) is 0.515. The van der Waals surface area contributed by atoms with Gasteiger partial charge >= 0.3 is 5.97 Å². The lowest BCUT2D eigenvalue weighted by atomic mass is 9.78. The van der Waals surface area contributed by atoms with Crippen LogP contribution in [0.2, 0.25) is 0 Å². The van der Waals surface area contributed by atoms with Gasteiger partial charge in [0.05, 0.1) is 12.5 Å². The molecule has 0 unspecified atom stereocenters. The van der Waals surface area contributed by atoms with Crippen molar-refractivity contribution in [3.05, 3.63) is 52.1 Å². The van der Waals surface area contributed by atoms with Gasteiger partial charge in [-0.25, -0.2) is 0 Å². The Balaban J connectivity index is 2.25. The number of methoxy groups -OCH3 is 1. The van der Waals surface area contributed by atoms with E-state index in [0.29, 0.717) is 11.3 Å². The van der Waals surface area contributed by atoms with Crippen LogP contribution < -0.4 is 4.74 Å². The number of carbonyl (C=O) groups is 2. The van der Waals surface area contributed by atoms with E-state index in [1.54, 1.807) is 31.4 Å². The highest BCUT2D eigenvalue weighted by Gasteiger charge is 2.38. The molecule has 0 spiro atoms. The van der Waals surface area contributed by atoms with Crippen molar-refractivity contribution in [2.45, 2.75) is 18.8 Å². The minimum Gasteiger partial charge on any atom is -0.497 e. The molecule has 2 aromatic carbocycles. The summed E-state index contributed by atoms with van der Waals surface area (Å²) in [6, 6.07) is 10.6. The Kier molecular flexibility index (Phi) is 6.40. The third kappa shape index (κ3) is 4.67. The predicted octanol–water partition coefficient (Wildman–Crippen LogP) is 2.25. The Bertz CT molecular complexity index is 899. The molecule has 0 aliphatic carbocycles. The lowest BCUT2D eigenvalue weighted by Crippen LogP contribution is -2.40. The lowest BCUT2D eigenvalue weighted by Gasteiger charge is -2.27. The van der Waals surface area contributed by atoms with Crippen LogP contribution in [0.1, 0.15) is 18.9 Å². The van der Waals surface area contributed by atoms with Crippen LogP contribution in [0, 0.1) is 10.1 Å². The van der Waals surface area contributed by atoms with Gasteiger partial charge in [0.15, 0.2) is 0 Å². The van der Waals surface area contributed by atoms with Gasteiger partial charge in [-0.3, -0.25) is 9.59 Å². The molecule has 2 aromatic rings. The van der Waals surface area contributed by atoms with Crippen LogP contribution in [0.3, 0.4) is 0 Å². The smallest absolute Gasteiger partial charge is 0.314 e. The maximum Gasteiger partial charge on any atom is 0.314 e. The van der Waals surface area contributed by atoms with Gasteiger partial charge in [0.25, 0.3) is 5.09 Å². The topological polar surface area (TPSA) is 119 Å². The van der Waals surface area contributed by atoms with Gasteiger partial charge in [0, 0.05) is 20.0 Å². The second kappa shape index (κ2) is 8.55. The first-order chi connectivity index (χ1) is 13.2. The van der Waals surface area contributed by atoms with E-state index in [4.69, 9.17) is 4.74 Å². The monoisotopic (exact) mass is 390 g/mol. The van der Waals surface area contributed by atoms with Gasteiger partial charge in [-0.05, 0) is 41.5 Å². The number of hydrogen-bond donors (Lipinski definition) is 1. The molecule has 0 heterocycles. The molecule has 0 aromatic heterocycles. The number of nitrogens with zero attached hydrogens (tertiary/aromatic N) is 2. The second-order valence-corrected chi connectivity index (χ2v) is 6.61. The summed E-state index contributed by atoms with van der Waals surface area (Å²) in [7, 11) is 3.01. The number of aliphatic carboxylic acids is 1. The first kappa shape index (κ1) is 20.9. The van der Waals surface area contributed by atoms with Crippen LogP contribution in [-0.2, 0) is 19.8 Å². The molecule has 0 saturated carbocycles. The van der Waals surface area contributed by atoms with Gasteiger partial charge in [-0.15, -0.1) is 10.1 Å². The molecule has 28 heavy (non-hydrogen) atoms. The summed E-state index contributed by atoms with van der Waals surface area (Å²) in [4.78, 5) is 40.1. The summed E-state index contributed by atoms with van der Waals surface area (Å²) in [5, 5.41) is 20.8. The molecule has 0 aliphatic heterocycles. The highest BCUT2D eigenvalue weighted by Crippen LogP contribution is 2.32. The zero-order valence-corrected chi connectivity index (χ0v) is 15.9. The van der Waals surface area contributed by atoms with Crippen LogP contribution in [0.5, 0.6) is 5.75 Å². The van der Waals surface area contributed by atoms with Crippen molar-refractivity contribution in [3.63, 3.8) is 0 Å². The Morgan fingerprint density at radius 1 is 1.21 bits per heavy atom. The number of carbonyl (C=O) groups excluding carboxylic acids is 1. The van der Waals surface area contributed by atoms with E-state index in [1.165, 1.54) is 18.9 Å². The van der Waals surface area contributed by atoms with Crippen molar-refractivity contribution < 1.29 is 29.4 Å². The van der Waals surface area contributed by atoms with Gasteiger partial charge < -0.3 is 19.6 Å². The molecule has 0 saturated heterocycles. The summed E-state index contributed by atoms with van der Waals surface area (Å²) in [6.45, 7) is 1.18. The summed E-state index contributed by atoms with van der Waals surface area (Å²) < 4.78 is 5.19. The maximum absolute atomic E-state index is 12.5. The molecule has 0 fully saturated rings. The van der Waals surface area contributed by atoms with E-state index in [2.05, 4.69) is 4.84 Å². The zero-order chi connectivity index (χ0) is 20.9. The Hall–Kier alpha value is -3.36. The first-order valence-corrected chi connectivity index (χ1v) is 8.50. The highest BCUT2D eigenvalue weighted by atomic mass is 16.9. The lowest BCUT2D eigenvalue weighted by molar-refractivity contribution is -0.757. The normalized spacial score (nSPS) is 12.8. The number of hydrogen-bond acceptors (Lipinski definition) is 6. The summed E-state index contributed by atoms with van der Waals surface area (Å²) in [5.41, 5.74) is -0.968. The fourth-order valence-electron chi connectivity index (χ4n) is 2.81. The van der Waals surface area contributed by atoms with Crippen LogP contribution in [-0.4, -0.2) is 54.3 Å². The zero-order valence-electron chi connectivity index (χ0n) is 15.9. The number of carboxylic acids is 1. The summed E-state index contributed by atoms with van der Waals surface area (Å²) in [5.74, 6) is -0.898. The minimum absolute atomic E-state index is 0.0208. The van der Waals surface area contributed by atoms with Gasteiger partial charge in [0.2, 0.25) is 5.91 Å². The number of carboxylic acid groups (broad SMARTS) is 1. The van der Waals surface area contributed by atoms with Crippen molar-refractivity contribution in [1.82, 2.24) is 4.90 Å². The fraction of sp³-hybridized carbons (Fsp3) is 0.368. The number of amides is 1. The summed E-state index contributed by atoms with van der Waals surface area (Å²) >= 11 is 0. The first-order valence-electron chi connectivity index (χ1n) is 8.50. The average Bonchev–Trinajstić information content (AvgIpc) is 2.66. The molecule has 0 bridgehead atoms. The molecule has 1 atom stereocenters. The Morgan fingerprint density at radius 3 is 2.46 bits per heavy atom. The van der Waals surface area contributed by atoms with Gasteiger partial charge in [0.1, 0.15) is 12.4 Å². The molecule has 2 rings (SSSR count). The van der Waals surface area contributed by atoms with Crippen molar-refractivity contribution in [2.75, 3.05) is 27.3 Å². The Morgan fingerprint density at radius 2 is 1.86 bits per heavy atom. The summed E-state index contributed by atoms with van der Waals surface area (Å²) in [6.07, 6.45) is -0.293. The molecule has 150 valence electrons. The van der Waals surface area contributed by atoms with Crippen molar-refractivity contribution in [2.24, 2.45) is 0 Å². The van der Waals surface area contributed by atoms with E-state index in [-0.39, 0.29) is 19.6 Å². The van der Waals surface area contributed by atoms with Crippen LogP contribution in [0.4, 0.5) is 0 Å². The van der Waals surface area contributed by atoms with Crippen LogP contribution in [0.15, 0.2) is 36.4 Å². The predicted molar refractivity (Wildman–Crippen MR) is 101 cm³/mol. The van der Waals surface area contributed by atoms with Crippen molar-refractivity contribution in [1.29, 1.82) is 0 Å². The highest BCUT2D eigenvalue weighted by molar-refractivity contribution is 5.91. The molecule has 9 heteroatoms. The number of rotatable bonds is 9. The van der Waals surface area contributed by atoms with Crippen molar-refractivity contribution in [3.8, 4) is 5.75 Å². The number of likely N-dealkylation sites (N-methyl/N-ethyl adjacent to an activating group) is 1. The molecule has 0 aliphatic rings. The largest absolute Gasteiger partial charge is 0.497 e. The second-order valence-electron chi connectivity index (χ2n) is 6.61. The van der Waals surface area contributed by atoms with Gasteiger partial charge in [-0.1, -0.05) is 18.2 Å². The molecule has 1 N–H and O–H groups in total. The molecule has 1 amide bonds. The third-order valence-corrected chi connectivity index (χ3v) is 4.71. The Labute approximate surface area is 161 Å². The number of benzene rings is 2. The molecular weight excluding hydrogens is 368 g/mol. The minimum atomic E-state index is -1.45. The SMILES string of the molecule is COc1ccc2cc([C@](C)(CC(=O)N(C)CCO[N+](=O)[O-])C(=O)O)ccc2c1. The van der Waals surface area contributed by atoms with Crippen LogP contribution >= 0.6 is 0 Å². The third-order valence-electron chi connectivity index (χ3n) is 4.71. The average molecular weight is 390 g/mol. The fourth-order valence-corrected chi connectivity index (χ4v) is 2.81. The van der Waals surface area contributed by atoms with Crippen LogP contribution in [0.25, 0.3) is 10.8 Å². The number of fused-ring (bicyclic) bond motifs is 1.